The molecule has 0 radical (unpaired) electrons. The minimum atomic E-state index is -0.225. The molecule has 28 heavy (non-hydrogen) atoms. The highest BCUT2D eigenvalue weighted by Gasteiger charge is 2.09. The number of amides is 1. The van der Waals surface area contributed by atoms with Crippen LogP contribution in [0.3, 0.4) is 0 Å². The second kappa shape index (κ2) is 9.04. The molecule has 0 aliphatic heterocycles. The summed E-state index contributed by atoms with van der Waals surface area (Å²) >= 11 is 0. The smallest absolute Gasteiger partial charge is 0.274 e. The molecular formula is C23H26N4O. The predicted octanol–water partition coefficient (Wildman–Crippen LogP) is 5.23. The summed E-state index contributed by atoms with van der Waals surface area (Å²) in [6.07, 6.45) is 1.68. The molecule has 0 saturated heterocycles. The van der Waals surface area contributed by atoms with Crippen LogP contribution in [0.1, 0.15) is 29.9 Å². The van der Waals surface area contributed by atoms with E-state index < -0.39 is 0 Å². The zero-order valence-corrected chi connectivity index (χ0v) is 16.6. The second-order valence-electron chi connectivity index (χ2n) is 6.55. The van der Waals surface area contributed by atoms with Gasteiger partial charge < -0.3 is 15.5 Å². The fourth-order valence-electron chi connectivity index (χ4n) is 3.05. The van der Waals surface area contributed by atoms with Gasteiger partial charge in [-0.05, 0) is 68.8 Å². The first-order valence-electron chi connectivity index (χ1n) is 9.55. The van der Waals surface area contributed by atoms with Crippen LogP contribution in [0.5, 0.6) is 0 Å². The van der Waals surface area contributed by atoms with Crippen LogP contribution >= 0.6 is 0 Å². The first-order chi connectivity index (χ1) is 13.6. The van der Waals surface area contributed by atoms with Crippen LogP contribution in [0, 0.1) is 6.92 Å². The van der Waals surface area contributed by atoms with Gasteiger partial charge in [-0.15, -0.1) is 0 Å². The number of carbonyl (C=O) groups is 1. The topological polar surface area (TPSA) is 57.3 Å². The summed E-state index contributed by atoms with van der Waals surface area (Å²) in [6, 6.07) is 19.3. The Morgan fingerprint density at radius 1 is 0.964 bits per heavy atom. The molecule has 0 saturated carbocycles. The number of para-hydroxylation sites is 1. The maximum Gasteiger partial charge on any atom is 0.274 e. The summed E-state index contributed by atoms with van der Waals surface area (Å²) in [5, 5.41) is 6.22. The van der Waals surface area contributed by atoms with E-state index in [1.165, 1.54) is 5.69 Å². The van der Waals surface area contributed by atoms with Crippen molar-refractivity contribution in [1.29, 1.82) is 0 Å². The van der Waals surface area contributed by atoms with Crippen LogP contribution < -0.4 is 15.5 Å². The fourth-order valence-corrected chi connectivity index (χ4v) is 3.05. The molecular weight excluding hydrogens is 348 g/mol. The summed E-state index contributed by atoms with van der Waals surface area (Å²) in [5.41, 5.74) is 5.38. The first-order valence-corrected chi connectivity index (χ1v) is 9.55. The molecule has 3 aromatic rings. The van der Waals surface area contributed by atoms with Crippen LogP contribution in [0.15, 0.2) is 66.9 Å². The number of hydrogen-bond donors (Lipinski definition) is 2. The normalized spacial score (nSPS) is 10.4. The van der Waals surface area contributed by atoms with Crippen molar-refractivity contribution in [3.8, 4) is 0 Å². The largest absolute Gasteiger partial charge is 0.372 e. The maximum atomic E-state index is 12.3. The van der Waals surface area contributed by atoms with E-state index in [-0.39, 0.29) is 5.91 Å². The lowest BCUT2D eigenvalue weighted by Crippen LogP contribution is -2.21. The number of anilines is 4. The predicted molar refractivity (Wildman–Crippen MR) is 117 cm³/mol. The van der Waals surface area contributed by atoms with Gasteiger partial charge in [-0.1, -0.05) is 18.2 Å². The van der Waals surface area contributed by atoms with Crippen molar-refractivity contribution in [2.75, 3.05) is 28.6 Å². The fraction of sp³-hybridized carbons (Fsp3) is 0.217. The Morgan fingerprint density at radius 2 is 1.71 bits per heavy atom. The Hall–Kier alpha value is -3.34. The third-order valence-corrected chi connectivity index (χ3v) is 4.65. The Kier molecular flexibility index (Phi) is 6.27. The van der Waals surface area contributed by atoms with Crippen molar-refractivity contribution in [3.63, 3.8) is 0 Å². The highest BCUT2D eigenvalue weighted by molar-refractivity contribution is 6.02. The van der Waals surface area contributed by atoms with E-state index in [4.69, 9.17) is 0 Å². The first kappa shape index (κ1) is 19.4. The molecule has 1 aromatic heterocycles. The van der Waals surface area contributed by atoms with Crippen LogP contribution in [0.25, 0.3) is 0 Å². The van der Waals surface area contributed by atoms with Gasteiger partial charge in [0.25, 0.3) is 5.91 Å². The summed E-state index contributed by atoms with van der Waals surface area (Å²) in [7, 11) is 0. The number of aromatic nitrogens is 1. The van der Waals surface area contributed by atoms with Gasteiger partial charge in [0.1, 0.15) is 5.69 Å². The molecule has 3 rings (SSSR count). The van der Waals surface area contributed by atoms with Gasteiger partial charge in [0.2, 0.25) is 0 Å². The Morgan fingerprint density at radius 3 is 2.32 bits per heavy atom. The summed E-state index contributed by atoms with van der Waals surface area (Å²) < 4.78 is 0. The molecule has 1 heterocycles. The zero-order chi connectivity index (χ0) is 19.9. The minimum Gasteiger partial charge on any atom is -0.372 e. The molecule has 0 unspecified atom stereocenters. The highest BCUT2D eigenvalue weighted by Crippen LogP contribution is 2.25. The number of nitrogens with one attached hydrogen (secondary N) is 2. The number of aryl methyl sites for hydroxylation is 1. The van der Waals surface area contributed by atoms with E-state index in [0.29, 0.717) is 5.69 Å². The zero-order valence-electron chi connectivity index (χ0n) is 16.6. The lowest BCUT2D eigenvalue weighted by molar-refractivity contribution is 0.102. The number of nitrogens with zero attached hydrogens (tertiary/aromatic N) is 2. The van der Waals surface area contributed by atoms with Gasteiger partial charge in [0, 0.05) is 30.2 Å². The van der Waals surface area contributed by atoms with Crippen molar-refractivity contribution in [2.24, 2.45) is 0 Å². The van der Waals surface area contributed by atoms with Gasteiger partial charge in [-0.3, -0.25) is 4.79 Å². The van der Waals surface area contributed by atoms with E-state index in [9.17, 15) is 4.79 Å². The van der Waals surface area contributed by atoms with Crippen molar-refractivity contribution in [2.45, 2.75) is 20.8 Å². The monoisotopic (exact) mass is 374 g/mol. The Balaban J connectivity index is 1.68. The number of rotatable bonds is 7. The number of carbonyl (C=O) groups excluding carboxylic acids is 1. The standard InChI is InChI=1S/C23H26N4O/c1-4-27(5-2)20-12-14-21(17(3)15-20)25-19-11-13-22(24-16-19)23(28)26-18-9-7-6-8-10-18/h6-16,25H,4-5H2,1-3H3,(H,26,28). The molecule has 2 N–H and O–H groups in total. The van der Waals surface area contributed by atoms with E-state index in [1.54, 1.807) is 12.3 Å². The third-order valence-electron chi connectivity index (χ3n) is 4.65. The molecule has 5 heteroatoms. The lowest BCUT2D eigenvalue weighted by atomic mass is 10.1. The molecule has 0 aliphatic carbocycles. The molecule has 2 aromatic carbocycles. The average Bonchev–Trinajstić information content (AvgIpc) is 2.72. The number of hydrogen-bond acceptors (Lipinski definition) is 4. The molecule has 1 amide bonds. The number of benzene rings is 2. The SMILES string of the molecule is CCN(CC)c1ccc(Nc2ccc(C(=O)Nc3ccccc3)nc2)c(C)c1. The Labute approximate surface area is 166 Å². The second-order valence-corrected chi connectivity index (χ2v) is 6.55. The average molecular weight is 374 g/mol. The van der Waals surface area contributed by atoms with E-state index >= 15 is 0 Å². The van der Waals surface area contributed by atoms with Crippen molar-refractivity contribution >= 4 is 28.7 Å². The van der Waals surface area contributed by atoms with Gasteiger partial charge >= 0.3 is 0 Å². The van der Waals surface area contributed by atoms with E-state index in [2.05, 4.69) is 59.5 Å². The molecule has 0 aliphatic rings. The molecule has 5 nitrogen and oxygen atoms in total. The van der Waals surface area contributed by atoms with Gasteiger partial charge in [-0.2, -0.15) is 0 Å². The maximum absolute atomic E-state index is 12.3. The molecule has 144 valence electrons. The minimum absolute atomic E-state index is 0.225. The third kappa shape index (κ3) is 4.68. The molecule has 0 atom stereocenters. The number of pyridine rings is 1. The van der Waals surface area contributed by atoms with Crippen LogP contribution in [0.2, 0.25) is 0 Å². The van der Waals surface area contributed by atoms with E-state index in [0.717, 1.165) is 35.7 Å². The molecule has 0 spiro atoms. The summed E-state index contributed by atoms with van der Waals surface area (Å²) in [4.78, 5) is 18.9. The van der Waals surface area contributed by atoms with Crippen molar-refractivity contribution in [3.05, 3.63) is 78.1 Å². The molecule has 0 bridgehead atoms. The molecule has 0 fully saturated rings. The van der Waals surface area contributed by atoms with Gasteiger partial charge in [0.15, 0.2) is 0 Å². The van der Waals surface area contributed by atoms with Crippen molar-refractivity contribution in [1.82, 2.24) is 4.98 Å². The quantitative estimate of drug-likeness (QED) is 0.594. The van der Waals surface area contributed by atoms with Crippen LogP contribution in [-0.2, 0) is 0 Å². The lowest BCUT2D eigenvalue weighted by Gasteiger charge is -2.22. The van der Waals surface area contributed by atoms with Crippen molar-refractivity contribution < 1.29 is 4.79 Å². The van der Waals surface area contributed by atoms with Crippen LogP contribution in [-0.4, -0.2) is 24.0 Å². The highest BCUT2D eigenvalue weighted by atomic mass is 16.1. The van der Waals surface area contributed by atoms with Crippen LogP contribution in [0.4, 0.5) is 22.7 Å². The van der Waals surface area contributed by atoms with Gasteiger partial charge in [0.05, 0.1) is 11.9 Å². The van der Waals surface area contributed by atoms with Gasteiger partial charge in [-0.25, -0.2) is 4.98 Å². The summed E-state index contributed by atoms with van der Waals surface area (Å²) in [5.74, 6) is -0.225. The van der Waals surface area contributed by atoms with E-state index in [1.807, 2.05) is 36.4 Å². The Bertz CT molecular complexity index is 919. The summed E-state index contributed by atoms with van der Waals surface area (Å²) in [6.45, 7) is 8.38.